The minimum absolute atomic E-state index is 0.0875. The predicted molar refractivity (Wildman–Crippen MR) is 125 cm³/mol. The summed E-state index contributed by atoms with van der Waals surface area (Å²) in [7, 11) is 0. The quantitative estimate of drug-likeness (QED) is 0.636. The number of nitrogens with one attached hydrogen (secondary N) is 2. The van der Waals surface area contributed by atoms with Crippen LogP contribution in [0.25, 0.3) is 6.08 Å². The van der Waals surface area contributed by atoms with E-state index in [1.165, 1.54) is 0 Å². The molecule has 174 valence electrons. The van der Waals surface area contributed by atoms with Gasteiger partial charge in [0.1, 0.15) is 6.10 Å². The summed E-state index contributed by atoms with van der Waals surface area (Å²) in [5.74, 6) is 0.0683. The fraction of sp³-hybridized carbons (Fsp3) is 0.583. The maximum Gasteiger partial charge on any atom is 0.286 e. The van der Waals surface area contributed by atoms with Gasteiger partial charge >= 0.3 is 0 Å². The largest absolute Gasteiger partial charge is 0.483 e. The first kappa shape index (κ1) is 23.1. The van der Waals surface area contributed by atoms with E-state index in [2.05, 4.69) is 27.4 Å². The molecule has 3 atom stereocenters. The number of hydrogen-bond donors (Lipinski definition) is 2. The number of halogens is 1. The van der Waals surface area contributed by atoms with E-state index >= 15 is 0 Å². The average molecular weight is 461 g/mol. The number of rotatable bonds is 6. The molecule has 1 aromatic rings. The van der Waals surface area contributed by atoms with Crippen LogP contribution in [0, 0.1) is 5.92 Å². The van der Waals surface area contributed by atoms with Crippen molar-refractivity contribution in [2.24, 2.45) is 5.92 Å². The Bertz CT molecular complexity index is 853. The van der Waals surface area contributed by atoms with Crippen molar-refractivity contribution in [2.75, 3.05) is 45.8 Å². The number of benzene rings is 1. The summed E-state index contributed by atoms with van der Waals surface area (Å²) in [6, 6.07) is 7.17. The number of carbonyl (C=O) groups is 2. The first-order valence-corrected chi connectivity index (χ1v) is 12.1. The first-order valence-electron chi connectivity index (χ1n) is 11.7. The summed E-state index contributed by atoms with van der Waals surface area (Å²) < 4.78 is 6.02. The van der Waals surface area contributed by atoms with Gasteiger partial charge in [0.25, 0.3) is 5.91 Å². The monoisotopic (exact) mass is 460 g/mol. The number of piperazine rings is 1. The van der Waals surface area contributed by atoms with Gasteiger partial charge in [-0.05, 0) is 49.6 Å². The minimum Gasteiger partial charge on any atom is -0.483 e. The highest BCUT2D eigenvalue weighted by molar-refractivity contribution is 6.30. The van der Waals surface area contributed by atoms with E-state index in [4.69, 9.17) is 16.3 Å². The van der Waals surface area contributed by atoms with E-state index in [-0.39, 0.29) is 29.9 Å². The topological polar surface area (TPSA) is 73.9 Å². The smallest absolute Gasteiger partial charge is 0.286 e. The summed E-state index contributed by atoms with van der Waals surface area (Å²) in [4.78, 5) is 30.1. The maximum absolute atomic E-state index is 12.7. The third kappa shape index (κ3) is 5.82. The number of fused-ring (bicyclic) bond motifs is 1. The Hall–Kier alpha value is -2.09. The molecule has 3 unspecified atom stereocenters. The zero-order valence-corrected chi connectivity index (χ0v) is 19.4. The number of ether oxygens (including phenoxy) is 1. The predicted octanol–water partition coefficient (Wildman–Crippen LogP) is 2.12. The third-order valence-corrected chi connectivity index (χ3v) is 7.00. The van der Waals surface area contributed by atoms with Crippen LogP contribution < -0.4 is 10.6 Å². The second-order valence-corrected chi connectivity index (χ2v) is 9.31. The van der Waals surface area contributed by atoms with E-state index in [1.807, 2.05) is 12.1 Å². The lowest BCUT2D eigenvalue weighted by Crippen LogP contribution is -2.55. The van der Waals surface area contributed by atoms with Crippen LogP contribution >= 0.6 is 11.6 Å². The van der Waals surface area contributed by atoms with Gasteiger partial charge in [-0.25, -0.2) is 0 Å². The van der Waals surface area contributed by atoms with Gasteiger partial charge in [0.15, 0.2) is 5.76 Å². The molecule has 8 heteroatoms. The minimum atomic E-state index is -0.237. The Labute approximate surface area is 195 Å². The molecule has 2 aliphatic heterocycles. The standard InChI is InChI=1S/C24H33ClN4O3/c1-2-28-10-12-29(13-11-28)9-8-26-23(30)18-6-7-21-20(16-18)27-24(31)22(32-21)15-17-4-3-5-19(25)14-17/h3-5,14-15,18,20-21H,2,6-13,16H2,1H3,(H,26,30)(H,27,31)/b22-15-. The molecule has 2 saturated heterocycles. The molecule has 0 radical (unpaired) electrons. The van der Waals surface area contributed by atoms with Gasteiger partial charge in [-0.15, -0.1) is 0 Å². The molecule has 3 fully saturated rings. The molecule has 0 aromatic heterocycles. The SMILES string of the molecule is CCN1CCN(CCNC(=O)C2CCC3O/C(=C\c4cccc(Cl)c4)C(=O)NC3C2)CC1. The van der Waals surface area contributed by atoms with Crippen molar-refractivity contribution in [1.29, 1.82) is 0 Å². The van der Waals surface area contributed by atoms with Crippen molar-refractivity contribution in [1.82, 2.24) is 20.4 Å². The molecular weight excluding hydrogens is 428 g/mol. The van der Waals surface area contributed by atoms with Crippen molar-refractivity contribution in [3.63, 3.8) is 0 Å². The van der Waals surface area contributed by atoms with Crippen LogP contribution in [0.5, 0.6) is 0 Å². The first-order chi connectivity index (χ1) is 15.5. The number of hydrogen-bond acceptors (Lipinski definition) is 5. The van der Waals surface area contributed by atoms with Crippen LogP contribution in [-0.4, -0.2) is 79.6 Å². The number of nitrogens with zero attached hydrogens (tertiary/aromatic N) is 2. The van der Waals surface area contributed by atoms with Gasteiger partial charge < -0.3 is 20.3 Å². The fourth-order valence-corrected chi connectivity index (χ4v) is 4.99. The molecule has 32 heavy (non-hydrogen) atoms. The number of likely N-dealkylation sites (N-methyl/N-ethyl adjacent to an activating group) is 1. The molecule has 2 heterocycles. The van der Waals surface area contributed by atoms with Gasteiger partial charge in [-0.3, -0.25) is 14.5 Å². The molecular formula is C24H33ClN4O3. The molecule has 2 amide bonds. The summed E-state index contributed by atoms with van der Waals surface area (Å²) in [6.45, 7) is 9.18. The molecule has 2 N–H and O–H groups in total. The zero-order chi connectivity index (χ0) is 22.5. The van der Waals surface area contributed by atoms with Gasteiger partial charge in [-0.1, -0.05) is 30.7 Å². The van der Waals surface area contributed by atoms with Crippen molar-refractivity contribution in [3.8, 4) is 0 Å². The zero-order valence-electron chi connectivity index (χ0n) is 18.7. The van der Waals surface area contributed by atoms with Crippen LogP contribution in [0.3, 0.4) is 0 Å². The Kier molecular flexibility index (Phi) is 7.71. The molecule has 0 bridgehead atoms. The van der Waals surface area contributed by atoms with Gasteiger partial charge in [0.05, 0.1) is 6.04 Å². The number of morpholine rings is 1. The fourth-order valence-electron chi connectivity index (χ4n) is 4.79. The van der Waals surface area contributed by atoms with Crippen LogP contribution in [0.2, 0.25) is 5.02 Å². The molecule has 1 aliphatic carbocycles. The van der Waals surface area contributed by atoms with Gasteiger partial charge in [0.2, 0.25) is 5.91 Å². The Morgan fingerprint density at radius 2 is 2.03 bits per heavy atom. The average Bonchev–Trinajstić information content (AvgIpc) is 2.79. The normalized spacial score (nSPS) is 28.0. The second-order valence-electron chi connectivity index (χ2n) is 8.88. The summed E-state index contributed by atoms with van der Waals surface area (Å²) in [5.41, 5.74) is 0.824. The van der Waals surface area contributed by atoms with Crippen molar-refractivity contribution in [3.05, 3.63) is 40.6 Å². The van der Waals surface area contributed by atoms with E-state index in [9.17, 15) is 9.59 Å². The summed E-state index contributed by atoms with van der Waals surface area (Å²) in [5, 5.41) is 6.77. The van der Waals surface area contributed by atoms with Crippen LogP contribution in [0.1, 0.15) is 31.7 Å². The molecule has 7 nitrogen and oxygen atoms in total. The van der Waals surface area contributed by atoms with Crippen LogP contribution in [-0.2, 0) is 14.3 Å². The van der Waals surface area contributed by atoms with Gasteiger partial charge in [-0.2, -0.15) is 0 Å². The highest BCUT2D eigenvalue weighted by Crippen LogP contribution is 2.31. The maximum atomic E-state index is 12.7. The molecule has 0 spiro atoms. The summed E-state index contributed by atoms with van der Waals surface area (Å²) >= 11 is 6.03. The molecule has 1 aromatic carbocycles. The Morgan fingerprint density at radius 1 is 1.25 bits per heavy atom. The lowest BCUT2D eigenvalue weighted by atomic mass is 9.82. The Balaban J connectivity index is 1.24. The Morgan fingerprint density at radius 3 is 2.78 bits per heavy atom. The second kappa shape index (κ2) is 10.7. The molecule has 1 saturated carbocycles. The highest BCUT2D eigenvalue weighted by atomic mass is 35.5. The van der Waals surface area contributed by atoms with Crippen LogP contribution in [0.4, 0.5) is 0 Å². The third-order valence-electron chi connectivity index (χ3n) is 6.76. The number of amides is 2. The van der Waals surface area contributed by atoms with Gasteiger partial charge in [0, 0.05) is 50.2 Å². The lowest BCUT2D eigenvalue weighted by molar-refractivity contribution is -0.134. The van der Waals surface area contributed by atoms with E-state index < -0.39 is 0 Å². The van der Waals surface area contributed by atoms with E-state index in [1.54, 1.807) is 18.2 Å². The molecule has 4 rings (SSSR count). The lowest BCUT2D eigenvalue weighted by Gasteiger charge is -2.40. The van der Waals surface area contributed by atoms with Crippen LogP contribution in [0.15, 0.2) is 30.0 Å². The van der Waals surface area contributed by atoms with Crippen molar-refractivity contribution < 1.29 is 14.3 Å². The summed E-state index contributed by atoms with van der Waals surface area (Å²) in [6.07, 6.45) is 3.74. The van der Waals surface area contributed by atoms with Crippen molar-refractivity contribution in [2.45, 2.75) is 38.3 Å². The van der Waals surface area contributed by atoms with E-state index in [0.29, 0.717) is 23.7 Å². The highest BCUT2D eigenvalue weighted by Gasteiger charge is 2.40. The van der Waals surface area contributed by atoms with Crippen molar-refractivity contribution >= 4 is 29.5 Å². The molecule has 3 aliphatic rings. The van der Waals surface area contributed by atoms with E-state index in [0.717, 1.165) is 57.7 Å². The number of carbonyl (C=O) groups excluding carboxylic acids is 2.